The first-order valence-electron chi connectivity index (χ1n) is 8.63. The molecule has 2 fully saturated rings. The first kappa shape index (κ1) is 15.7. The van der Waals surface area contributed by atoms with Gasteiger partial charge in [0.1, 0.15) is 12.4 Å². The number of hydrogen-bond acceptors (Lipinski definition) is 6. The zero-order chi connectivity index (χ0) is 16.6. The number of anilines is 1. The number of nitrogens with zero attached hydrogens (tertiary/aromatic N) is 4. The molecule has 1 N–H and O–H groups in total. The van der Waals surface area contributed by atoms with Gasteiger partial charge in [0.15, 0.2) is 5.82 Å². The maximum atomic E-state index is 9.48. The van der Waals surface area contributed by atoms with Crippen LogP contribution in [0.15, 0.2) is 24.3 Å². The highest BCUT2D eigenvalue weighted by molar-refractivity contribution is 5.89. The van der Waals surface area contributed by atoms with E-state index in [0.29, 0.717) is 5.82 Å². The van der Waals surface area contributed by atoms with Crippen LogP contribution in [0.25, 0.3) is 10.9 Å². The van der Waals surface area contributed by atoms with Gasteiger partial charge >= 0.3 is 0 Å². The van der Waals surface area contributed by atoms with Crippen molar-refractivity contribution in [3.05, 3.63) is 30.1 Å². The molecule has 6 heteroatoms. The van der Waals surface area contributed by atoms with Crippen molar-refractivity contribution in [1.29, 1.82) is 0 Å². The Kier molecular flexibility index (Phi) is 4.12. The maximum Gasteiger partial charge on any atom is 0.156 e. The number of para-hydroxylation sites is 1. The Morgan fingerprint density at radius 2 is 1.96 bits per heavy atom. The number of morpholine rings is 1. The quantitative estimate of drug-likeness (QED) is 0.900. The number of piperidine rings is 1. The van der Waals surface area contributed by atoms with Crippen LogP contribution in [0.4, 0.5) is 5.82 Å². The van der Waals surface area contributed by atoms with E-state index in [2.05, 4.69) is 32.9 Å². The van der Waals surface area contributed by atoms with Gasteiger partial charge in [0.05, 0.1) is 17.7 Å². The van der Waals surface area contributed by atoms with Gasteiger partial charge in [0.25, 0.3) is 0 Å². The average molecular weight is 328 g/mol. The molecule has 0 bridgehead atoms. The van der Waals surface area contributed by atoms with Crippen molar-refractivity contribution in [1.82, 2.24) is 14.9 Å². The van der Waals surface area contributed by atoms with Crippen molar-refractivity contribution >= 4 is 16.7 Å². The van der Waals surface area contributed by atoms with Crippen LogP contribution in [0.5, 0.6) is 0 Å². The Morgan fingerprint density at radius 1 is 1.17 bits per heavy atom. The fourth-order valence-corrected chi connectivity index (χ4v) is 3.88. The van der Waals surface area contributed by atoms with Gasteiger partial charge in [-0.2, -0.15) is 0 Å². The lowest BCUT2D eigenvalue weighted by molar-refractivity contribution is -0.115. The van der Waals surface area contributed by atoms with Crippen molar-refractivity contribution in [2.24, 2.45) is 0 Å². The average Bonchev–Trinajstić information content (AvgIpc) is 2.61. The molecule has 2 saturated heterocycles. The van der Waals surface area contributed by atoms with E-state index >= 15 is 0 Å². The number of ether oxygens (including phenoxy) is 1. The second kappa shape index (κ2) is 6.27. The number of aliphatic hydroxyl groups is 1. The number of aliphatic hydroxyl groups excluding tert-OH is 1. The molecule has 1 aromatic heterocycles. The fraction of sp³-hybridized carbons (Fsp3) is 0.556. The molecule has 0 amide bonds. The van der Waals surface area contributed by atoms with Gasteiger partial charge in [0, 0.05) is 31.6 Å². The molecule has 3 heterocycles. The summed E-state index contributed by atoms with van der Waals surface area (Å²) in [5.74, 6) is 1.42. The Hall–Kier alpha value is -1.76. The standard InChI is InChI=1S/C18H24N4O2/c1-21-10-11-24-18(13-21)6-8-22(9-7-18)17-14-4-2-3-5-15(14)19-16(12-23)20-17/h2-5,23H,6-13H2,1H3. The van der Waals surface area contributed by atoms with E-state index in [1.165, 1.54) is 0 Å². The topological polar surface area (TPSA) is 61.7 Å². The van der Waals surface area contributed by atoms with Crippen LogP contribution in [-0.2, 0) is 11.3 Å². The number of rotatable bonds is 2. The minimum atomic E-state index is -0.135. The molecule has 0 unspecified atom stereocenters. The maximum absolute atomic E-state index is 9.48. The normalized spacial score (nSPS) is 21.5. The van der Waals surface area contributed by atoms with Crippen LogP contribution >= 0.6 is 0 Å². The van der Waals surface area contributed by atoms with Crippen LogP contribution in [0, 0.1) is 0 Å². The molecule has 1 spiro atoms. The van der Waals surface area contributed by atoms with Gasteiger partial charge in [-0.25, -0.2) is 9.97 Å². The van der Waals surface area contributed by atoms with Gasteiger partial charge in [-0.15, -0.1) is 0 Å². The fourth-order valence-electron chi connectivity index (χ4n) is 3.88. The van der Waals surface area contributed by atoms with E-state index in [1.54, 1.807) is 0 Å². The lowest BCUT2D eigenvalue weighted by Gasteiger charge is -2.46. The Bertz CT molecular complexity index is 728. The predicted octanol–water partition coefficient (Wildman–Crippen LogP) is 1.42. The highest BCUT2D eigenvalue weighted by atomic mass is 16.5. The Morgan fingerprint density at radius 3 is 2.71 bits per heavy atom. The number of hydrogen-bond donors (Lipinski definition) is 1. The third-order valence-electron chi connectivity index (χ3n) is 5.18. The van der Waals surface area contributed by atoms with E-state index in [0.717, 1.165) is 62.3 Å². The monoisotopic (exact) mass is 328 g/mol. The van der Waals surface area contributed by atoms with Gasteiger partial charge < -0.3 is 19.6 Å². The number of fused-ring (bicyclic) bond motifs is 1. The molecule has 2 aromatic rings. The van der Waals surface area contributed by atoms with Crippen molar-refractivity contribution in [3.8, 4) is 0 Å². The molecule has 1 aromatic carbocycles. The molecule has 0 saturated carbocycles. The highest BCUT2D eigenvalue weighted by Gasteiger charge is 2.39. The number of benzene rings is 1. The van der Waals surface area contributed by atoms with Crippen LogP contribution in [0.2, 0.25) is 0 Å². The first-order chi connectivity index (χ1) is 11.7. The molecule has 128 valence electrons. The molecular formula is C18H24N4O2. The lowest BCUT2D eigenvalue weighted by Crippen LogP contribution is -2.56. The summed E-state index contributed by atoms with van der Waals surface area (Å²) in [6, 6.07) is 8.01. The van der Waals surface area contributed by atoms with Gasteiger partial charge in [-0.3, -0.25) is 0 Å². The molecule has 24 heavy (non-hydrogen) atoms. The van der Waals surface area contributed by atoms with E-state index in [4.69, 9.17) is 4.74 Å². The van der Waals surface area contributed by atoms with E-state index in [9.17, 15) is 5.11 Å². The van der Waals surface area contributed by atoms with Gasteiger partial charge in [-0.1, -0.05) is 12.1 Å². The summed E-state index contributed by atoms with van der Waals surface area (Å²) in [6.45, 7) is 4.54. The summed E-state index contributed by atoms with van der Waals surface area (Å²) in [5, 5.41) is 10.5. The van der Waals surface area contributed by atoms with Gasteiger partial charge in [0.2, 0.25) is 0 Å². The second-order valence-corrected chi connectivity index (χ2v) is 6.90. The van der Waals surface area contributed by atoms with Crippen molar-refractivity contribution < 1.29 is 9.84 Å². The van der Waals surface area contributed by atoms with Crippen molar-refractivity contribution in [2.45, 2.75) is 25.0 Å². The Balaban J connectivity index is 1.60. The van der Waals surface area contributed by atoms with E-state index in [1.807, 2.05) is 18.2 Å². The van der Waals surface area contributed by atoms with E-state index < -0.39 is 0 Å². The molecule has 4 rings (SSSR count). The van der Waals surface area contributed by atoms with Crippen molar-refractivity contribution in [3.63, 3.8) is 0 Å². The largest absolute Gasteiger partial charge is 0.388 e. The Labute approximate surface area is 142 Å². The third kappa shape index (κ3) is 2.85. The van der Waals surface area contributed by atoms with Crippen LogP contribution in [-0.4, -0.2) is 65.4 Å². The number of aromatic nitrogens is 2. The highest BCUT2D eigenvalue weighted by Crippen LogP contribution is 2.33. The SMILES string of the molecule is CN1CCOC2(CCN(c3nc(CO)nc4ccccc34)CC2)C1. The molecule has 6 nitrogen and oxygen atoms in total. The summed E-state index contributed by atoms with van der Waals surface area (Å²) in [7, 11) is 2.17. The van der Waals surface area contributed by atoms with Crippen LogP contribution < -0.4 is 4.90 Å². The molecule has 2 aliphatic heterocycles. The number of likely N-dealkylation sites (N-methyl/N-ethyl adjacent to an activating group) is 1. The van der Waals surface area contributed by atoms with Crippen molar-refractivity contribution in [2.75, 3.05) is 44.7 Å². The minimum absolute atomic E-state index is 0.00780. The second-order valence-electron chi connectivity index (χ2n) is 6.90. The van der Waals surface area contributed by atoms with Crippen LogP contribution in [0.3, 0.4) is 0 Å². The smallest absolute Gasteiger partial charge is 0.156 e. The molecule has 2 aliphatic rings. The minimum Gasteiger partial charge on any atom is -0.388 e. The predicted molar refractivity (Wildman–Crippen MR) is 93.1 cm³/mol. The molecule has 0 radical (unpaired) electrons. The first-order valence-corrected chi connectivity index (χ1v) is 8.63. The summed E-state index contributed by atoms with van der Waals surface area (Å²) in [4.78, 5) is 13.7. The molecule has 0 aliphatic carbocycles. The lowest BCUT2D eigenvalue weighted by atomic mass is 9.89. The van der Waals surface area contributed by atoms with Gasteiger partial charge in [-0.05, 0) is 32.0 Å². The molecular weight excluding hydrogens is 304 g/mol. The molecule has 0 atom stereocenters. The summed E-state index contributed by atoms with van der Waals surface area (Å²) < 4.78 is 6.15. The third-order valence-corrected chi connectivity index (χ3v) is 5.18. The summed E-state index contributed by atoms with van der Waals surface area (Å²) in [5.41, 5.74) is 0.882. The van der Waals surface area contributed by atoms with E-state index in [-0.39, 0.29) is 12.2 Å². The zero-order valence-corrected chi connectivity index (χ0v) is 14.1. The summed E-state index contributed by atoms with van der Waals surface area (Å²) >= 11 is 0. The van der Waals surface area contributed by atoms with Crippen LogP contribution in [0.1, 0.15) is 18.7 Å². The summed E-state index contributed by atoms with van der Waals surface area (Å²) in [6.07, 6.45) is 2.01. The zero-order valence-electron chi connectivity index (χ0n) is 14.1.